The Hall–Kier alpha value is -2.66. The van der Waals surface area contributed by atoms with Crippen molar-refractivity contribution in [3.63, 3.8) is 0 Å². The van der Waals surface area contributed by atoms with Crippen LogP contribution < -0.4 is 5.32 Å². The Balaban J connectivity index is 1.87. The van der Waals surface area contributed by atoms with Gasteiger partial charge in [0.25, 0.3) is 5.91 Å². The van der Waals surface area contributed by atoms with Crippen molar-refractivity contribution in [3.8, 4) is 0 Å². The summed E-state index contributed by atoms with van der Waals surface area (Å²) in [5, 5.41) is 2.74. The number of carbonyl (C=O) groups is 2. The molecule has 1 fully saturated rings. The van der Waals surface area contributed by atoms with Gasteiger partial charge in [-0.2, -0.15) is 0 Å². The number of nitrogens with one attached hydrogen (secondary N) is 1. The molecule has 1 heterocycles. The van der Waals surface area contributed by atoms with Crippen LogP contribution in [-0.2, 0) is 4.79 Å². The first-order valence-corrected chi connectivity index (χ1v) is 8.46. The minimum Gasteiger partial charge on any atom is -0.329 e. The number of benzene rings is 2. The van der Waals surface area contributed by atoms with E-state index in [4.69, 9.17) is 0 Å². The van der Waals surface area contributed by atoms with E-state index >= 15 is 0 Å². The molecule has 5 heteroatoms. The SMILES string of the molecule is CC(=O)Nc1cccc(C(=O)N2CCN(C)C[C@@H]2c2ccccc2)c1. The van der Waals surface area contributed by atoms with Crippen molar-refractivity contribution in [1.82, 2.24) is 9.80 Å². The zero-order valence-electron chi connectivity index (χ0n) is 14.6. The summed E-state index contributed by atoms with van der Waals surface area (Å²) in [6, 6.07) is 17.3. The molecule has 130 valence electrons. The van der Waals surface area contributed by atoms with Gasteiger partial charge < -0.3 is 15.1 Å². The fourth-order valence-electron chi connectivity index (χ4n) is 3.22. The summed E-state index contributed by atoms with van der Waals surface area (Å²) in [5.74, 6) is -0.152. The zero-order valence-corrected chi connectivity index (χ0v) is 14.6. The molecule has 5 nitrogen and oxygen atoms in total. The van der Waals surface area contributed by atoms with Crippen LogP contribution in [0, 0.1) is 0 Å². The standard InChI is InChI=1S/C20H23N3O2/c1-15(24)21-18-10-6-9-17(13-18)20(25)23-12-11-22(2)14-19(23)16-7-4-3-5-8-16/h3-10,13,19H,11-12,14H2,1-2H3,(H,21,24)/t19-/m1/s1. The number of carbonyl (C=O) groups excluding carboxylic acids is 2. The molecule has 0 bridgehead atoms. The van der Waals surface area contributed by atoms with E-state index in [2.05, 4.69) is 29.4 Å². The number of hydrogen-bond donors (Lipinski definition) is 1. The van der Waals surface area contributed by atoms with Crippen LogP contribution in [-0.4, -0.2) is 48.3 Å². The number of rotatable bonds is 3. The van der Waals surface area contributed by atoms with Gasteiger partial charge in [0.15, 0.2) is 0 Å². The van der Waals surface area contributed by atoms with Crippen LogP contribution in [0.2, 0.25) is 0 Å². The predicted molar refractivity (Wildman–Crippen MR) is 98.5 cm³/mol. The number of amides is 2. The maximum absolute atomic E-state index is 13.1. The highest BCUT2D eigenvalue weighted by Crippen LogP contribution is 2.27. The molecule has 2 aromatic carbocycles. The molecule has 1 aliphatic rings. The molecule has 0 spiro atoms. The molecule has 1 N–H and O–H groups in total. The first kappa shape index (κ1) is 17.2. The van der Waals surface area contributed by atoms with Gasteiger partial charge in [-0.05, 0) is 30.8 Å². The van der Waals surface area contributed by atoms with Crippen molar-refractivity contribution in [1.29, 1.82) is 0 Å². The van der Waals surface area contributed by atoms with Gasteiger partial charge in [0.2, 0.25) is 5.91 Å². The normalized spacial score (nSPS) is 18.0. The van der Waals surface area contributed by atoms with E-state index in [0.29, 0.717) is 17.8 Å². The lowest BCUT2D eigenvalue weighted by molar-refractivity contribution is -0.114. The second kappa shape index (κ2) is 7.49. The van der Waals surface area contributed by atoms with E-state index in [9.17, 15) is 9.59 Å². The highest BCUT2D eigenvalue weighted by molar-refractivity contribution is 5.97. The molecule has 1 atom stereocenters. The van der Waals surface area contributed by atoms with Crippen LogP contribution >= 0.6 is 0 Å². The van der Waals surface area contributed by atoms with Gasteiger partial charge in [-0.3, -0.25) is 9.59 Å². The fraction of sp³-hybridized carbons (Fsp3) is 0.300. The molecule has 0 aromatic heterocycles. The predicted octanol–water partition coefficient (Wildman–Crippen LogP) is 2.77. The molecule has 2 aromatic rings. The maximum Gasteiger partial charge on any atom is 0.254 e. The summed E-state index contributed by atoms with van der Waals surface area (Å²) in [5.41, 5.74) is 2.38. The molecular formula is C20H23N3O2. The van der Waals surface area contributed by atoms with Crippen LogP contribution in [0.3, 0.4) is 0 Å². The quantitative estimate of drug-likeness (QED) is 0.937. The van der Waals surface area contributed by atoms with E-state index in [1.54, 1.807) is 24.3 Å². The van der Waals surface area contributed by atoms with Crippen LogP contribution in [0.1, 0.15) is 28.9 Å². The van der Waals surface area contributed by atoms with E-state index in [1.807, 2.05) is 23.1 Å². The molecule has 25 heavy (non-hydrogen) atoms. The molecule has 0 unspecified atom stereocenters. The Labute approximate surface area is 148 Å². The van der Waals surface area contributed by atoms with Gasteiger partial charge in [0, 0.05) is 37.8 Å². The van der Waals surface area contributed by atoms with E-state index in [1.165, 1.54) is 6.92 Å². The van der Waals surface area contributed by atoms with Crippen molar-refractivity contribution in [2.45, 2.75) is 13.0 Å². The highest BCUT2D eigenvalue weighted by atomic mass is 16.2. The summed E-state index contributed by atoms with van der Waals surface area (Å²) in [6.45, 7) is 3.79. The number of nitrogens with zero attached hydrogens (tertiary/aromatic N) is 2. The van der Waals surface area contributed by atoms with Crippen LogP contribution in [0.4, 0.5) is 5.69 Å². The molecule has 0 aliphatic carbocycles. The summed E-state index contributed by atoms with van der Waals surface area (Å²) >= 11 is 0. The van der Waals surface area contributed by atoms with E-state index in [0.717, 1.165) is 18.7 Å². The van der Waals surface area contributed by atoms with Crippen LogP contribution in [0.15, 0.2) is 54.6 Å². The Morgan fingerprint density at radius 3 is 2.52 bits per heavy atom. The van der Waals surface area contributed by atoms with Gasteiger partial charge in [-0.1, -0.05) is 36.4 Å². The smallest absolute Gasteiger partial charge is 0.254 e. The Morgan fingerprint density at radius 1 is 1.04 bits per heavy atom. The molecular weight excluding hydrogens is 314 g/mol. The lowest BCUT2D eigenvalue weighted by atomic mass is 10.0. The third-order valence-corrected chi connectivity index (χ3v) is 4.46. The van der Waals surface area contributed by atoms with E-state index < -0.39 is 0 Å². The second-order valence-electron chi connectivity index (χ2n) is 6.45. The number of piperazine rings is 1. The summed E-state index contributed by atoms with van der Waals surface area (Å²) in [4.78, 5) is 28.6. The zero-order chi connectivity index (χ0) is 17.8. The van der Waals surface area contributed by atoms with Gasteiger partial charge in [-0.15, -0.1) is 0 Å². The lowest BCUT2D eigenvalue weighted by Gasteiger charge is -2.40. The molecule has 1 aliphatic heterocycles. The highest BCUT2D eigenvalue weighted by Gasteiger charge is 2.30. The third kappa shape index (κ3) is 4.06. The molecule has 3 rings (SSSR count). The minimum absolute atomic E-state index is 0.00541. The second-order valence-corrected chi connectivity index (χ2v) is 6.45. The monoisotopic (exact) mass is 337 g/mol. The Bertz CT molecular complexity index is 761. The fourth-order valence-corrected chi connectivity index (χ4v) is 3.22. The summed E-state index contributed by atoms with van der Waals surface area (Å²) in [7, 11) is 2.08. The number of hydrogen-bond acceptors (Lipinski definition) is 3. The first-order valence-electron chi connectivity index (χ1n) is 8.46. The minimum atomic E-state index is -0.147. The summed E-state index contributed by atoms with van der Waals surface area (Å²) < 4.78 is 0. The number of anilines is 1. The average molecular weight is 337 g/mol. The largest absolute Gasteiger partial charge is 0.329 e. The molecule has 2 amide bonds. The third-order valence-electron chi connectivity index (χ3n) is 4.46. The summed E-state index contributed by atoms with van der Waals surface area (Å²) in [6.07, 6.45) is 0. The van der Waals surface area contributed by atoms with Gasteiger partial charge in [0.05, 0.1) is 6.04 Å². The van der Waals surface area contributed by atoms with Gasteiger partial charge in [-0.25, -0.2) is 0 Å². The van der Waals surface area contributed by atoms with E-state index in [-0.39, 0.29) is 17.9 Å². The Kier molecular flexibility index (Phi) is 5.14. The lowest BCUT2D eigenvalue weighted by Crippen LogP contribution is -2.49. The van der Waals surface area contributed by atoms with Crippen molar-refractivity contribution in [3.05, 3.63) is 65.7 Å². The average Bonchev–Trinajstić information content (AvgIpc) is 2.61. The first-order chi connectivity index (χ1) is 12.0. The molecule has 1 saturated heterocycles. The van der Waals surface area contributed by atoms with Crippen molar-refractivity contribution in [2.75, 3.05) is 32.0 Å². The molecule has 0 saturated carbocycles. The van der Waals surface area contributed by atoms with Crippen LogP contribution in [0.25, 0.3) is 0 Å². The maximum atomic E-state index is 13.1. The van der Waals surface area contributed by atoms with Gasteiger partial charge >= 0.3 is 0 Å². The van der Waals surface area contributed by atoms with Gasteiger partial charge in [0.1, 0.15) is 0 Å². The van der Waals surface area contributed by atoms with Crippen molar-refractivity contribution in [2.24, 2.45) is 0 Å². The number of likely N-dealkylation sites (N-methyl/N-ethyl adjacent to an activating group) is 1. The topological polar surface area (TPSA) is 52.7 Å². The van der Waals surface area contributed by atoms with Crippen LogP contribution in [0.5, 0.6) is 0 Å². The molecule has 0 radical (unpaired) electrons. The van der Waals surface area contributed by atoms with Crippen molar-refractivity contribution >= 4 is 17.5 Å². The Morgan fingerprint density at radius 2 is 1.80 bits per heavy atom. The van der Waals surface area contributed by atoms with Crippen molar-refractivity contribution < 1.29 is 9.59 Å².